The van der Waals surface area contributed by atoms with Gasteiger partial charge in [0.2, 0.25) is 0 Å². The van der Waals surface area contributed by atoms with Crippen molar-refractivity contribution in [2.75, 3.05) is 6.54 Å². The summed E-state index contributed by atoms with van der Waals surface area (Å²) in [4.78, 5) is 10.0. The zero-order chi connectivity index (χ0) is 12.5. The molecule has 90 valence electrons. The molecule has 2 N–H and O–H groups in total. The van der Waals surface area contributed by atoms with Crippen LogP contribution in [0.5, 0.6) is 0 Å². The Bertz CT molecular complexity index is 522. The molecule has 0 atom stereocenters. The number of halogens is 1. The molecule has 2 heterocycles. The summed E-state index contributed by atoms with van der Waals surface area (Å²) in [5.74, 6) is 0.794. The topological polar surface area (TPSA) is 51.8 Å². The zero-order valence-corrected chi connectivity index (χ0v) is 12.2. The lowest BCUT2D eigenvalue weighted by atomic mass is 9.92. The van der Waals surface area contributed by atoms with E-state index in [0.29, 0.717) is 6.54 Å². The summed E-state index contributed by atoms with van der Waals surface area (Å²) in [6.07, 6.45) is 1.79. The first-order valence-corrected chi connectivity index (χ1v) is 6.98. The van der Waals surface area contributed by atoms with Crippen molar-refractivity contribution in [3.8, 4) is 10.6 Å². The number of hydrogen-bond donors (Lipinski definition) is 1. The second-order valence-corrected chi connectivity index (χ2v) is 6.31. The highest BCUT2D eigenvalue weighted by Gasteiger charge is 2.22. The summed E-state index contributed by atoms with van der Waals surface area (Å²) in [6.45, 7) is 4.64. The molecule has 2 rings (SSSR count). The van der Waals surface area contributed by atoms with E-state index in [1.54, 1.807) is 17.5 Å². The van der Waals surface area contributed by atoms with Gasteiger partial charge in [-0.25, -0.2) is 9.97 Å². The molecular formula is C12H14BrN3S. The second kappa shape index (κ2) is 4.84. The van der Waals surface area contributed by atoms with Gasteiger partial charge >= 0.3 is 0 Å². The third-order valence-corrected chi connectivity index (χ3v) is 4.30. The van der Waals surface area contributed by atoms with Gasteiger partial charge < -0.3 is 5.73 Å². The lowest BCUT2D eigenvalue weighted by Gasteiger charge is -2.20. The monoisotopic (exact) mass is 311 g/mol. The second-order valence-electron chi connectivity index (χ2n) is 4.48. The molecule has 17 heavy (non-hydrogen) atoms. The first kappa shape index (κ1) is 12.7. The quantitative estimate of drug-likeness (QED) is 0.947. The molecule has 0 amide bonds. The van der Waals surface area contributed by atoms with E-state index in [9.17, 15) is 0 Å². The molecule has 0 aliphatic heterocycles. The maximum atomic E-state index is 5.75. The van der Waals surface area contributed by atoms with Crippen LogP contribution in [-0.2, 0) is 5.41 Å². The van der Waals surface area contributed by atoms with Gasteiger partial charge in [0.15, 0.2) is 0 Å². The standard InChI is InChI=1S/C12H14BrN3S/c1-12(2,7-14)11-15-4-3-9(16-11)10-5-8(13)6-17-10/h3-6H,7,14H2,1-2H3. The fourth-order valence-corrected chi connectivity index (χ4v) is 2.76. The van der Waals surface area contributed by atoms with Gasteiger partial charge in [0.1, 0.15) is 5.82 Å². The summed E-state index contributed by atoms with van der Waals surface area (Å²) in [5, 5.41) is 2.05. The van der Waals surface area contributed by atoms with Crippen LogP contribution in [0.1, 0.15) is 19.7 Å². The third-order valence-electron chi connectivity index (χ3n) is 2.59. The van der Waals surface area contributed by atoms with E-state index in [-0.39, 0.29) is 5.41 Å². The largest absolute Gasteiger partial charge is 0.329 e. The average Bonchev–Trinajstić information content (AvgIpc) is 2.76. The molecule has 2 aromatic rings. The fraction of sp³-hybridized carbons (Fsp3) is 0.333. The van der Waals surface area contributed by atoms with E-state index in [1.165, 1.54) is 0 Å². The van der Waals surface area contributed by atoms with Crippen molar-refractivity contribution in [2.24, 2.45) is 5.73 Å². The highest BCUT2D eigenvalue weighted by Crippen LogP contribution is 2.29. The molecule has 0 aliphatic carbocycles. The van der Waals surface area contributed by atoms with Crippen LogP contribution in [0.2, 0.25) is 0 Å². The van der Waals surface area contributed by atoms with Crippen molar-refractivity contribution in [3.05, 3.63) is 34.0 Å². The highest BCUT2D eigenvalue weighted by molar-refractivity contribution is 9.10. The minimum atomic E-state index is -0.190. The van der Waals surface area contributed by atoms with Gasteiger partial charge in [0.05, 0.1) is 10.6 Å². The van der Waals surface area contributed by atoms with Crippen LogP contribution in [0.3, 0.4) is 0 Å². The van der Waals surface area contributed by atoms with E-state index >= 15 is 0 Å². The van der Waals surface area contributed by atoms with Crippen molar-refractivity contribution in [2.45, 2.75) is 19.3 Å². The van der Waals surface area contributed by atoms with Crippen LogP contribution >= 0.6 is 27.3 Å². The molecule has 0 aromatic carbocycles. The average molecular weight is 312 g/mol. The van der Waals surface area contributed by atoms with E-state index in [0.717, 1.165) is 20.9 Å². The van der Waals surface area contributed by atoms with E-state index in [1.807, 2.05) is 11.4 Å². The number of aromatic nitrogens is 2. The molecule has 5 heteroatoms. The minimum Gasteiger partial charge on any atom is -0.329 e. The number of hydrogen-bond acceptors (Lipinski definition) is 4. The van der Waals surface area contributed by atoms with Gasteiger partial charge in [-0.2, -0.15) is 0 Å². The van der Waals surface area contributed by atoms with Gasteiger partial charge in [-0.1, -0.05) is 13.8 Å². The number of rotatable bonds is 3. The molecule has 0 saturated heterocycles. The predicted octanol–water partition coefficient (Wildman–Crippen LogP) is 3.20. The van der Waals surface area contributed by atoms with Crippen LogP contribution in [0.15, 0.2) is 28.2 Å². The van der Waals surface area contributed by atoms with Crippen molar-refractivity contribution in [3.63, 3.8) is 0 Å². The van der Waals surface area contributed by atoms with Gasteiger partial charge in [-0.15, -0.1) is 11.3 Å². The number of nitrogens with zero attached hydrogens (tertiary/aromatic N) is 2. The van der Waals surface area contributed by atoms with E-state index < -0.39 is 0 Å². The van der Waals surface area contributed by atoms with Crippen LogP contribution < -0.4 is 5.73 Å². The maximum Gasteiger partial charge on any atom is 0.135 e. The number of thiophene rings is 1. The Morgan fingerprint density at radius 1 is 1.47 bits per heavy atom. The number of nitrogens with two attached hydrogens (primary N) is 1. The highest BCUT2D eigenvalue weighted by atomic mass is 79.9. The van der Waals surface area contributed by atoms with Gasteiger partial charge in [-0.05, 0) is 28.1 Å². The van der Waals surface area contributed by atoms with Crippen molar-refractivity contribution < 1.29 is 0 Å². The van der Waals surface area contributed by atoms with E-state index in [4.69, 9.17) is 5.73 Å². The summed E-state index contributed by atoms with van der Waals surface area (Å²) in [6, 6.07) is 3.99. The maximum absolute atomic E-state index is 5.75. The lowest BCUT2D eigenvalue weighted by molar-refractivity contribution is 0.503. The lowest BCUT2D eigenvalue weighted by Crippen LogP contribution is -2.30. The summed E-state index contributed by atoms with van der Waals surface area (Å²) < 4.78 is 1.08. The van der Waals surface area contributed by atoms with Gasteiger partial charge in [0.25, 0.3) is 0 Å². The van der Waals surface area contributed by atoms with Crippen molar-refractivity contribution in [1.82, 2.24) is 9.97 Å². The molecule has 0 spiro atoms. The molecule has 0 bridgehead atoms. The molecule has 0 unspecified atom stereocenters. The van der Waals surface area contributed by atoms with Crippen molar-refractivity contribution >= 4 is 27.3 Å². The Kier molecular flexibility index (Phi) is 3.61. The first-order chi connectivity index (χ1) is 8.03. The van der Waals surface area contributed by atoms with Gasteiger partial charge in [0, 0.05) is 28.0 Å². The van der Waals surface area contributed by atoms with Crippen LogP contribution in [-0.4, -0.2) is 16.5 Å². The molecule has 0 fully saturated rings. The van der Waals surface area contributed by atoms with E-state index in [2.05, 4.69) is 45.8 Å². The molecule has 3 nitrogen and oxygen atoms in total. The molecule has 0 aliphatic rings. The summed E-state index contributed by atoms with van der Waals surface area (Å²) in [7, 11) is 0. The Balaban J connectivity index is 2.42. The first-order valence-electron chi connectivity index (χ1n) is 5.31. The Hall–Kier alpha value is -0.780. The smallest absolute Gasteiger partial charge is 0.135 e. The Morgan fingerprint density at radius 2 is 2.24 bits per heavy atom. The third kappa shape index (κ3) is 2.73. The molecule has 0 radical (unpaired) electrons. The van der Waals surface area contributed by atoms with Crippen molar-refractivity contribution in [1.29, 1.82) is 0 Å². The van der Waals surface area contributed by atoms with Crippen LogP contribution in [0, 0.1) is 0 Å². The fourth-order valence-electron chi connectivity index (χ4n) is 1.36. The summed E-state index contributed by atoms with van der Waals surface area (Å²) >= 11 is 5.11. The minimum absolute atomic E-state index is 0.190. The van der Waals surface area contributed by atoms with Crippen LogP contribution in [0.25, 0.3) is 10.6 Å². The molecule has 0 saturated carbocycles. The zero-order valence-electron chi connectivity index (χ0n) is 9.77. The normalized spacial score (nSPS) is 11.8. The van der Waals surface area contributed by atoms with Crippen LogP contribution in [0.4, 0.5) is 0 Å². The van der Waals surface area contributed by atoms with Gasteiger partial charge in [-0.3, -0.25) is 0 Å². The molecule has 2 aromatic heterocycles. The molecular weight excluding hydrogens is 298 g/mol. The predicted molar refractivity (Wildman–Crippen MR) is 75.1 cm³/mol. The summed E-state index contributed by atoms with van der Waals surface area (Å²) in [5.41, 5.74) is 6.51. The Labute approximate surface area is 113 Å². The Morgan fingerprint density at radius 3 is 2.82 bits per heavy atom. The SMILES string of the molecule is CC(C)(CN)c1nccc(-c2cc(Br)cs2)n1.